The van der Waals surface area contributed by atoms with Crippen LogP contribution in [0.15, 0.2) is 0 Å². The molecule has 21 heteroatoms. The van der Waals surface area contributed by atoms with Gasteiger partial charge in [0.15, 0.2) is 0 Å². The number of rotatable bonds is 4. The molecule has 0 saturated heterocycles. The van der Waals surface area contributed by atoms with Gasteiger partial charge in [-0.1, -0.05) is 18.5 Å². The van der Waals surface area contributed by atoms with Crippen LogP contribution in [-0.4, -0.2) is 11.0 Å². The second-order valence-electron chi connectivity index (χ2n) is 1.32. The van der Waals surface area contributed by atoms with Gasteiger partial charge in [-0.15, -0.1) is 0 Å². The Morgan fingerprint density at radius 2 is 0.571 bits per heavy atom. The molecule has 0 aromatic carbocycles. The molecule has 0 aliphatic rings. The summed E-state index contributed by atoms with van der Waals surface area (Å²) in [6.07, 6.45) is 0. The van der Waals surface area contributed by atoms with Crippen LogP contribution >= 0.6 is 33.0 Å². The van der Waals surface area contributed by atoms with Gasteiger partial charge in [-0.3, -0.25) is 0 Å². The number of hydrogen-bond donors (Lipinski definition) is 4. The first-order chi connectivity index (χ1) is 9.08. The second kappa shape index (κ2) is 28.3. The van der Waals surface area contributed by atoms with Crippen molar-refractivity contribution >= 4 is 44.0 Å². The van der Waals surface area contributed by atoms with E-state index in [1.807, 2.05) is 0 Å². The van der Waals surface area contributed by atoms with E-state index in [4.69, 9.17) is 37.8 Å². The molecule has 0 aromatic heterocycles. The Hall–Kier alpha value is 0.137. The van der Waals surface area contributed by atoms with Crippen LogP contribution in [0.25, 0.3) is 0 Å². The van der Waals surface area contributed by atoms with Gasteiger partial charge in [0.25, 0.3) is 0 Å². The monoisotopic (exact) mass is 408 g/mol. The molecule has 0 radical (unpaired) electrons. The molecular formula is H8N4O12P4Si+4. The molecule has 0 bridgehead atoms. The largest absolute Gasteiger partial charge is 4.00 e. The predicted molar refractivity (Wildman–Crippen MR) is 57.3 cm³/mol. The van der Waals surface area contributed by atoms with E-state index in [1.165, 1.54) is 0 Å². The SMILES string of the molecule is NO[P+](=O)[O-].NO[P+](=O)[O-].NO[P+](=O)[O-].NO[P+](=O)[O-].[Si+4]. The van der Waals surface area contributed by atoms with Crippen LogP contribution in [0.4, 0.5) is 0 Å². The van der Waals surface area contributed by atoms with Crippen LogP contribution in [0.2, 0.25) is 0 Å². The van der Waals surface area contributed by atoms with Crippen LogP contribution in [0, 0.1) is 0 Å². The van der Waals surface area contributed by atoms with Crippen molar-refractivity contribution in [2.24, 2.45) is 23.6 Å². The standard InChI is InChI=1S/4H2NO3P.Si/c4*1-4-5(2)3;/h4*1H2;/q;;;;+4. The van der Waals surface area contributed by atoms with Crippen LogP contribution in [0.5, 0.6) is 0 Å². The average molecular weight is 408 g/mol. The van der Waals surface area contributed by atoms with E-state index in [-0.39, 0.29) is 11.0 Å². The summed E-state index contributed by atoms with van der Waals surface area (Å²) in [5, 5.41) is 0. The third-order valence-corrected chi connectivity index (χ3v) is 1.03. The van der Waals surface area contributed by atoms with E-state index in [0.29, 0.717) is 0 Å². The van der Waals surface area contributed by atoms with Gasteiger partial charge >= 0.3 is 44.0 Å². The number of hydrogen-bond acceptors (Lipinski definition) is 16. The molecule has 0 aliphatic heterocycles. The minimum atomic E-state index is -2.82. The van der Waals surface area contributed by atoms with Crippen molar-refractivity contribution in [3.63, 3.8) is 0 Å². The molecule has 4 unspecified atom stereocenters. The molecule has 0 fully saturated rings. The smallest absolute Gasteiger partial charge is 0.565 e. The molecule has 8 N–H and O–H groups in total. The van der Waals surface area contributed by atoms with E-state index in [0.717, 1.165) is 0 Å². The Kier molecular flexibility index (Phi) is 44.4. The van der Waals surface area contributed by atoms with Crippen LogP contribution < -0.4 is 43.2 Å². The summed E-state index contributed by atoms with van der Waals surface area (Å²) in [7, 11) is -11.3. The fourth-order valence-corrected chi connectivity index (χ4v) is 0. The summed E-state index contributed by atoms with van der Waals surface area (Å²) in [6.45, 7) is 0. The van der Waals surface area contributed by atoms with Crippen molar-refractivity contribution in [2.75, 3.05) is 0 Å². The first kappa shape index (κ1) is 32.9. The molecule has 0 rings (SSSR count). The van der Waals surface area contributed by atoms with Gasteiger partial charge < -0.3 is 19.6 Å². The molecule has 4 atom stereocenters. The fourth-order valence-electron chi connectivity index (χ4n) is 0. The molecule has 0 heterocycles. The second-order valence-corrected chi connectivity index (χ2v) is 3.95. The molecule has 0 spiro atoms. The van der Waals surface area contributed by atoms with Crippen molar-refractivity contribution in [1.29, 1.82) is 0 Å². The maximum Gasteiger partial charge on any atom is 4.00 e. The topological polar surface area (TPSA) is 302 Å². The van der Waals surface area contributed by atoms with Gasteiger partial charge in [0.2, 0.25) is 0 Å². The fraction of sp³-hybridized carbons (Fsp3) is 0. The van der Waals surface area contributed by atoms with Gasteiger partial charge in [0, 0.05) is 0 Å². The van der Waals surface area contributed by atoms with Gasteiger partial charge in [0.1, 0.15) is 0 Å². The predicted octanol–water partition coefficient (Wildman–Crippen LogP) is -4.80. The van der Waals surface area contributed by atoms with Crippen LogP contribution in [-0.2, 0) is 36.8 Å². The Bertz CT molecular complexity index is 230. The zero-order valence-electron chi connectivity index (χ0n) is 9.50. The summed E-state index contributed by atoms with van der Waals surface area (Å²) in [5.41, 5.74) is 0. The zero-order chi connectivity index (χ0) is 17.1. The molecule has 120 valence electrons. The van der Waals surface area contributed by atoms with Crippen molar-refractivity contribution in [3.8, 4) is 0 Å². The van der Waals surface area contributed by atoms with Gasteiger partial charge in [-0.2, -0.15) is 23.6 Å². The summed E-state index contributed by atoms with van der Waals surface area (Å²) in [5.74, 6) is 16.3. The van der Waals surface area contributed by atoms with Crippen molar-refractivity contribution in [3.05, 3.63) is 0 Å². The maximum absolute atomic E-state index is 9.06. The molecule has 0 amide bonds. The van der Waals surface area contributed by atoms with Crippen molar-refractivity contribution in [1.82, 2.24) is 0 Å². The minimum Gasteiger partial charge on any atom is -0.565 e. The Balaban J connectivity index is -0.0000000533. The molecule has 21 heavy (non-hydrogen) atoms. The summed E-state index contributed by atoms with van der Waals surface area (Å²) in [4.78, 5) is 36.2. The minimum absolute atomic E-state index is 0. The number of nitrogens with two attached hydrogens (primary N) is 4. The molecule has 16 nitrogen and oxygen atoms in total. The Labute approximate surface area is 124 Å². The molecular weight excluding hydrogens is 400 g/mol. The summed E-state index contributed by atoms with van der Waals surface area (Å²) in [6, 6.07) is 0. The first-order valence-corrected chi connectivity index (χ1v) is 7.52. The summed E-state index contributed by atoms with van der Waals surface area (Å²) < 4.78 is 49.0. The normalized spacial score (nSPS) is 10.7. The Morgan fingerprint density at radius 1 is 0.524 bits per heavy atom. The average Bonchev–Trinajstić information content (AvgIpc) is 2.40. The summed E-state index contributed by atoms with van der Waals surface area (Å²) >= 11 is 0. The van der Waals surface area contributed by atoms with E-state index < -0.39 is 33.0 Å². The van der Waals surface area contributed by atoms with Gasteiger partial charge in [0.05, 0.1) is 0 Å². The molecule has 0 aromatic rings. The van der Waals surface area contributed by atoms with E-state index in [9.17, 15) is 0 Å². The third kappa shape index (κ3) is 100. The molecule has 0 saturated carbocycles. The van der Waals surface area contributed by atoms with Gasteiger partial charge in [-0.05, 0) is 18.3 Å². The van der Waals surface area contributed by atoms with Crippen LogP contribution in [0.1, 0.15) is 0 Å². The van der Waals surface area contributed by atoms with Gasteiger partial charge in [-0.25, -0.2) is 0 Å². The zero-order valence-corrected chi connectivity index (χ0v) is 14.1. The molecule has 0 aliphatic carbocycles. The quantitative estimate of drug-likeness (QED) is 0.192. The van der Waals surface area contributed by atoms with E-state index >= 15 is 0 Å². The maximum atomic E-state index is 9.06. The third-order valence-electron chi connectivity index (χ3n) is 0.344. The van der Waals surface area contributed by atoms with E-state index in [2.05, 4.69) is 42.1 Å². The van der Waals surface area contributed by atoms with Crippen LogP contribution in [0.3, 0.4) is 0 Å². The first-order valence-electron chi connectivity index (χ1n) is 3.13. The van der Waals surface area contributed by atoms with Crippen molar-refractivity contribution in [2.45, 2.75) is 0 Å². The van der Waals surface area contributed by atoms with E-state index in [1.54, 1.807) is 0 Å². The van der Waals surface area contributed by atoms with Crippen molar-refractivity contribution < 1.29 is 56.3 Å². The Morgan fingerprint density at radius 3 is 0.571 bits per heavy atom.